The van der Waals surface area contributed by atoms with Crippen LogP contribution in [0.15, 0.2) is 30.5 Å². The fourth-order valence-corrected chi connectivity index (χ4v) is 2.26. The lowest BCUT2D eigenvalue weighted by Crippen LogP contribution is -2.13. The monoisotopic (exact) mass is 337 g/mol. The number of hydrogen-bond donors (Lipinski definition) is 1. The normalized spacial score (nSPS) is 10.9. The number of carbonyl (C=O) groups is 1. The maximum atomic E-state index is 11.3. The highest BCUT2D eigenvalue weighted by Crippen LogP contribution is 2.25. The minimum absolute atomic E-state index is 0.104. The zero-order valence-corrected chi connectivity index (χ0v) is 14.6. The fourth-order valence-electron chi connectivity index (χ4n) is 2.26. The van der Waals surface area contributed by atoms with Crippen molar-refractivity contribution in [3.8, 4) is 17.1 Å². The summed E-state index contributed by atoms with van der Waals surface area (Å²) in [6.07, 6.45) is 1.55. The van der Waals surface area contributed by atoms with Crippen LogP contribution in [0.4, 0.5) is 5.95 Å². The Morgan fingerprint density at radius 2 is 1.84 bits per heavy atom. The molecule has 3 aromatic rings. The van der Waals surface area contributed by atoms with Crippen molar-refractivity contribution >= 4 is 23.0 Å². The molecule has 0 saturated heterocycles. The Morgan fingerprint density at radius 1 is 1.12 bits per heavy atom. The largest absolute Gasteiger partial charge is 0.473 e. The molecule has 7 nitrogen and oxygen atoms in total. The number of nitrogens with zero attached hydrogens (tertiary/aromatic N) is 4. The minimum atomic E-state index is -0.265. The summed E-state index contributed by atoms with van der Waals surface area (Å²) in [4.78, 5) is 28.8. The topological polar surface area (TPSA) is 89.9 Å². The second kappa shape index (κ2) is 6.80. The summed E-state index contributed by atoms with van der Waals surface area (Å²) in [7, 11) is 0. The molecular formula is C18H19N5O2. The molecule has 0 saturated carbocycles. The first kappa shape index (κ1) is 16.8. The number of fused-ring (bicyclic) bond motifs is 1. The maximum Gasteiger partial charge on any atom is 0.247 e. The van der Waals surface area contributed by atoms with Gasteiger partial charge >= 0.3 is 0 Å². The summed E-state index contributed by atoms with van der Waals surface area (Å²) in [6.45, 7) is 7.21. The number of nitrogens with one attached hydrogen (secondary N) is 1. The first-order valence-corrected chi connectivity index (χ1v) is 7.98. The van der Waals surface area contributed by atoms with Gasteiger partial charge in [0.15, 0.2) is 11.2 Å². The molecule has 0 fully saturated rings. The predicted octanol–water partition coefficient (Wildman–Crippen LogP) is 3.14. The summed E-state index contributed by atoms with van der Waals surface area (Å²) in [6, 6.07) is 8.01. The quantitative estimate of drug-likeness (QED) is 0.786. The van der Waals surface area contributed by atoms with Gasteiger partial charge in [0.1, 0.15) is 0 Å². The molecule has 128 valence electrons. The third-order valence-electron chi connectivity index (χ3n) is 3.36. The number of benzene rings is 1. The van der Waals surface area contributed by atoms with Gasteiger partial charge in [0.05, 0.1) is 18.0 Å². The van der Waals surface area contributed by atoms with Crippen LogP contribution in [-0.4, -0.2) is 31.9 Å². The van der Waals surface area contributed by atoms with Crippen molar-refractivity contribution in [1.29, 1.82) is 0 Å². The second-order valence-electron chi connectivity index (χ2n) is 5.99. The van der Waals surface area contributed by atoms with Crippen LogP contribution in [0, 0.1) is 6.92 Å². The van der Waals surface area contributed by atoms with E-state index in [0.717, 1.165) is 5.56 Å². The third kappa shape index (κ3) is 3.88. The maximum absolute atomic E-state index is 11.3. The van der Waals surface area contributed by atoms with Gasteiger partial charge in [-0.3, -0.25) is 10.1 Å². The van der Waals surface area contributed by atoms with Crippen LogP contribution < -0.4 is 10.1 Å². The summed E-state index contributed by atoms with van der Waals surface area (Å²) in [5.74, 6) is 0.178. The van der Waals surface area contributed by atoms with Gasteiger partial charge in [-0.25, -0.2) is 9.97 Å². The molecule has 25 heavy (non-hydrogen) atoms. The van der Waals surface area contributed by atoms with Crippen molar-refractivity contribution in [1.82, 2.24) is 19.9 Å². The molecule has 0 radical (unpaired) electrons. The van der Waals surface area contributed by atoms with Gasteiger partial charge in [0.2, 0.25) is 17.7 Å². The minimum Gasteiger partial charge on any atom is -0.473 e. The lowest BCUT2D eigenvalue weighted by molar-refractivity contribution is -0.114. The van der Waals surface area contributed by atoms with E-state index in [1.54, 1.807) is 6.20 Å². The molecule has 0 atom stereocenters. The highest BCUT2D eigenvalue weighted by molar-refractivity contribution is 5.88. The van der Waals surface area contributed by atoms with Crippen LogP contribution in [0.1, 0.15) is 26.3 Å². The summed E-state index contributed by atoms with van der Waals surface area (Å²) in [5.41, 5.74) is 3.65. The molecule has 0 spiro atoms. The molecule has 3 rings (SSSR count). The molecule has 0 aliphatic carbocycles. The Labute approximate surface area is 145 Å². The molecule has 1 N–H and O–H groups in total. The Kier molecular flexibility index (Phi) is 4.56. The molecular weight excluding hydrogens is 318 g/mol. The average molecular weight is 337 g/mol. The van der Waals surface area contributed by atoms with Gasteiger partial charge in [0.25, 0.3) is 0 Å². The zero-order valence-electron chi connectivity index (χ0n) is 14.6. The average Bonchev–Trinajstić information content (AvgIpc) is 2.54. The van der Waals surface area contributed by atoms with Crippen molar-refractivity contribution in [3.05, 3.63) is 36.0 Å². The summed E-state index contributed by atoms with van der Waals surface area (Å²) < 4.78 is 5.75. The van der Waals surface area contributed by atoms with E-state index < -0.39 is 0 Å². The molecule has 2 heterocycles. The number of amides is 1. The number of aryl methyl sites for hydroxylation is 1. The number of carbonyl (C=O) groups excluding carboxylic acids is 1. The Morgan fingerprint density at radius 3 is 2.48 bits per heavy atom. The van der Waals surface area contributed by atoms with Crippen molar-refractivity contribution in [2.75, 3.05) is 5.32 Å². The molecule has 0 aliphatic rings. The van der Waals surface area contributed by atoms with Gasteiger partial charge < -0.3 is 4.74 Å². The van der Waals surface area contributed by atoms with E-state index >= 15 is 0 Å². The first-order chi connectivity index (χ1) is 11.9. The molecule has 0 aliphatic heterocycles. The van der Waals surface area contributed by atoms with Crippen LogP contribution in [0.3, 0.4) is 0 Å². The molecule has 0 unspecified atom stereocenters. The second-order valence-corrected chi connectivity index (χ2v) is 5.99. The van der Waals surface area contributed by atoms with E-state index in [9.17, 15) is 4.79 Å². The summed E-state index contributed by atoms with van der Waals surface area (Å²) in [5, 5.41) is 2.55. The van der Waals surface area contributed by atoms with Gasteiger partial charge in [0, 0.05) is 12.5 Å². The summed E-state index contributed by atoms with van der Waals surface area (Å²) >= 11 is 0. The van der Waals surface area contributed by atoms with E-state index in [2.05, 4.69) is 25.3 Å². The van der Waals surface area contributed by atoms with Crippen LogP contribution in [0.5, 0.6) is 5.88 Å². The molecule has 0 bridgehead atoms. The SMILES string of the molecule is CC(=O)Nc1nc(OC(C)C)c2nc(-c3ccc(C)cc3)cnc2n1. The number of rotatable bonds is 4. The van der Waals surface area contributed by atoms with Gasteiger partial charge in [-0.1, -0.05) is 29.8 Å². The van der Waals surface area contributed by atoms with E-state index in [1.165, 1.54) is 12.5 Å². The number of ether oxygens (including phenoxy) is 1. The lowest BCUT2D eigenvalue weighted by Gasteiger charge is -2.12. The molecule has 1 amide bonds. The van der Waals surface area contributed by atoms with Crippen molar-refractivity contribution in [2.24, 2.45) is 0 Å². The zero-order chi connectivity index (χ0) is 18.0. The first-order valence-electron chi connectivity index (χ1n) is 7.98. The highest BCUT2D eigenvalue weighted by atomic mass is 16.5. The third-order valence-corrected chi connectivity index (χ3v) is 3.36. The van der Waals surface area contributed by atoms with Gasteiger partial charge in [-0.15, -0.1) is 0 Å². The van der Waals surface area contributed by atoms with E-state index in [4.69, 9.17) is 4.74 Å². The van der Waals surface area contributed by atoms with Crippen LogP contribution >= 0.6 is 0 Å². The smallest absolute Gasteiger partial charge is 0.247 e. The highest BCUT2D eigenvalue weighted by Gasteiger charge is 2.15. The fraction of sp³-hybridized carbons (Fsp3) is 0.278. The van der Waals surface area contributed by atoms with Crippen molar-refractivity contribution < 1.29 is 9.53 Å². The molecule has 2 aromatic heterocycles. The number of anilines is 1. The predicted molar refractivity (Wildman–Crippen MR) is 95.4 cm³/mol. The Hall–Kier alpha value is -3.09. The molecule has 7 heteroatoms. The van der Waals surface area contributed by atoms with Crippen molar-refractivity contribution in [2.45, 2.75) is 33.8 Å². The van der Waals surface area contributed by atoms with E-state index in [0.29, 0.717) is 22.7 Å². The molecule has 1 aromatic carbocycles. The standard InChI is InChI=1S/C18H19N5O2/c1-10(2)25-17-15-16(22-18(23-17)20-12(4)24)19-9-14(21-15)13-7-5-11(3)6-8-13/h5-10H,1-4H3,(H,19,20,22,23,24). The van der Waals surface area contributed by atoms with Gasteiger partial charge in [-0.2, -0.15) is 9.97 Å². The Bertz CT molecular complexity index is 923. The number of hydrogen-bond acceptors (Lipinski definition) is 6. The van der Waals surface area contributed by atoms with Crippen LogP contribution in [0.2, 0.25) is 0 Å². The lowest BCUT2D eigenvalue weighted by atomic mass is 10.1. The van der Waals surface area contributed by atoms with E-state index in [-0.39, 0.29) is 18.0 Å². The van der Waals surface area contributed by atoms with E-state index in [1.807, 2.05) is 45.0 Å². The van der Waals surface area contributed by atoms with Crippen LogP contribution in [-0.2, 0) is 4.79 Å². The van der Waals surface area contributed by atoms with Gasteiger partial charge in [-0.05, 0) is 20.8 Å². The van der Waals surface area contributed by atoms with Crippen molar-refractivity contribution in [3.63, 3.8) is 0 Å². The van der Waals surface area contributed by atoms with Crippen LogP contribution in [0.25, 0.3) is 22.4 Å². The Balaban J connectivity index is 2.13. The number of aromatic nitrogens is 4.